The zero-order chi connectivity index (χ0) is 17.9. The van der Waals surface area contributed by atoms with Gasteiger partial charge in [-0.1, -0.05) is 0 Å². The van der Waals surface area contributed by atoms with Crippen molar-refractivity contribution in [3.05, 3.63) is 43.9 Å². The highest BCUT2D eigenvalue weighted by molar-refractivity contribution is 7.07. The second kappa shape index (κ2) is 7.54. The molecule has 0 saturated heterocycles. The van der Waals surface area contributed by atoms with Crippen LogP contribution in [0.2, 0.25) is 0 Å². The lowest BCUT2D eigenvalue weighted by atomic mass is 10.1. The minimum absolute atomic E-state index is 0.0350. The van der Waals surface area contributed by atoms with E-state index in [0.717, 1.165) is 5.56 Å². The predicted molar refractivity (Wildman–Crippen MR) is 92.1 cm³/mol. The molecule has 0 radical (unpaired) electrons. The Morgan fingerprint density at radius 1 is 1.50 bits per heavy atom. The molecule has 2 heterocycles. The predicted octanol–water partition coefficient (Wildman–Crippen LogP) is 1.89. The van der Waals surface area contributed by atoms with Gasteiger partial charge in [0.2, 0.25) is 5.91 Å². The molecule has 0 fully saturated rings. The van der Waals surface area contributed by atoms with Gasteiger partial charge in [0, 0.05) is 6.54 Å². The van der Waals surface area contributed by atoms with Gasteiger partial charge in [-0.2, -0.15) is 16.4 Å². The maximum Gasteiger partial charge on any atom is 0.312 e. The van der Waals surface area contributed by atoms with Gasteiger partial charge in [-0.15, -0.1) is 0 Å². The van der Waals surface area contributed by atoms with E-state index in [9.17, 15) is 14.9 Å². The van der Waals surface area contributed by atoms with Crippen molar-refractivity contribution in [2.75, 3.05) is 20.6 Å². The van der Waals surface area contributed by atoms with Crippen LogP contribution in [-0.4, -0.2) is 46.2 Å². The van der Waals surface area contributed by atoms with Crippen molar-refractivity contribution in [2.24, 2.45) is 0 Å². The van der Waals surface area contributed by atoms with Crippen LogP contribution in [0.4, 0.5) is 5.69 Å². The molecule has 0 spiro atoms. The van der Waals surface area contributed by atoms with Gasteiger partial charge in [-0.25, -0.2) is 0 Å². The fraction of sp³-hybridized carbons (Fsp3) is 0.467. The van der Waals surface area contributed by atoms with Gasteiger partial charge in [0.05, 0.1) is 11.0 Å². The molecule has 130 valence electrons. The molecule has 0 aliphatic rings. The largest absolute Gasteiger partial charge is 0.353 e. The number of hydrogen-bond donors (Lipinski definition) is 1. The maximum absolute atomic E-state index is 12.2. The topological polar surface area (TPSA) is 93.3 Å². The average Bonchev–Trinajstić information content (AvgIpc) is 3.08. The summed E-state index contributed by atoms with van der Waals surface area (Å²) in [6.07, 6.45) is 0. The van der Waals surface area contributed by atoms with Crippen molar-refractivity contribution >= 4 is 22.9 Å². The van der Waals surface area contributed by atoms with Gasteiger partial charge in [0.15, 0.2) is 0 Å². The molecule has 8 nitrogen and oxygen atoms in total. The van der Waals surface area contributed by atoms with E-state index in [0.29, 0.717) is 17.9 Å². The van der Waals surface area contributed by atoms with E-state index >= 15 is 0 Å². The van der Waals surface area contributed by atoms with E-state index in [2.05, 4.69) is 15.8 Å². The molecule has 2 aromatic rings. The van der Waals surface area contributed by atoms with Crippen molar-refractivity contribution in [1.82, 2.24) is 20.0 Å². The van der Waals surface area contributed by atoms with E-state index in [4.69, 9.17) is 0 Å². The quantitative estimate of drug-likeness (QED) is 0.607. The molecule has 0 unspecified atom stereocenters. The molecule has 1 amide bonds. The molecule has 2 rings (SSSR count). The van der Waals surface area contributed by atoms with Crippen LogP contribution in [0.25, 0.3) is 0 Å². The van der Waals surface area contributed by atoms with E-state index < -0.39 is 4.92 Å². The summed E-state index contributed by atoms with van der Waals surface area (Å²) in [4.78, 5) is 24.8. The highest BCUT2D eigenvalue weighted by atomic mass is 32.1. The zero-order valence-electron chi connectivity index (χ0n) is 14.1. The molecule has 0 aliphatic carbocycles. The zero-order valence-corrected chi connectivity index (χ0v) is 15.0. The SMILES string of the molecule is Cc1nn(CC(=O)NC[C@H](c2ccsc2)N(C)C)c(C)c1[N+](=O)[O-]. The first kappa shape index (κ1) is 18.1. The van der Waals surface area contributed by atoms with Crippen LogP contribution in [-0.2, 0) is 11.3 Å². The van der Waals surface area contributed by atoms with Crippen molar-refractivity contribution in [1.29, 1.82) is 0 Å². The number of thiophene rings is 1. The third kappa shape index (κ3) is 3.98. The summed E-state index contributed by atoms with van der Waals surface area (Å²) in [5, 5.41) is 22.0. The number of hydrogen-bond acceptors (Lipinski definition) is 6. The van der Waals surface area contributed by atoms with E-state index in [1.165, 1.54) is 4.68 Å². The van der Waals surface area contributed by atoms with E-state index in [1.54, 1.807) is 25.2 Å². The highest BCUT2D eigenvalue weighted by Crippen LogP contribution is 2.22. The average molecular weight is 351 g/mol. The minimum Gasteiger partial charge on any atom is -0.353 e. The normalized spacial score (nSPS) is 12.4. The molecule has 1 N–H and O–H groups in total. The number of nitrogens with zero attached hydrogens (tertiary/aromatic N) is 4. The minimum atomic E-state index is -0.468. The Labute approximate surface area is 144 Å². The molecule has 0 saturated carbocycles. The van der Waals surface area contributed by atoms with Crippen molar-refractivity contribution in [3.63, 3.8) is 0 Å². The maximum atomic E-state index is 12.2. The third-order valence-corrected chi connectivity index (χ3v) is 4.56. The van der Waals surface area contributed by atoms with Crippen molar-refractivity contribution in [2.45, 2.75) is 26.4 Å². The highest BCUT2D eigenvalue weighted by Gasteiger charge is 2.23. The number of likely N-dealkylation sites (N-methyl/N-ethyl adjacent to an activating group) is 1. The molecule has 1 atom stereocenters. The van der Waals surface area contributed by atoms with Gasteiger partial charge in [-0.3, -0.25) is 19.6 Å². The lowest BCUT2D eigenvalue weighted by molar-refractivity contribution is -0.386. The van der Waals surface area contributed by atoms with Crippen LogP contribution < -0.4 is 5.32 Å². The fourth-order valence-electron chi connectivity index (χ4n) is 2.57. The number of nitro groups is 1. The Hall–Kier alpha value is -2.26. The first-order valence-electron chi connectivity index (χ1n) is 7.45. The van der Waals surface area contributed by atoms with E-state index in [1.807, 2.05) is 30.4 Å². The van der Waals surface area contributed by atoms with Crippen LogP contribution >= 0.6 is 11.3 Å². The number of amides is 1. The van der Waals surface area contributed by atoms with Crippen molar-refractivity contribution < 1.29 is 9.72 Å². The monoisotopic (exact) mass is 351 g/mol. The Morgan fingerprint density at radius 2 is 2.21 bits per heavy atom. The lowest BCUT2D eigenvalue weighted by Crippen LogP contribution is -2.36. The summed E-state index contributed by atoms with van der Waals surface area (Å²) >= 11 is 1.61. The molecule has 9 heteroatoms. The van der Waals surface area contributed by atoms with Crippen LogP contribution in [0.15, 0.2) is 16.8 Å². The number of carbonyl (C=O) groups excluding carboxylic acids is 1. The second-order valence-corrected chi connectivity index (χ2v) is 6.55. The summed E-state index contributed by atoms with van der Waals surface area (Å²) in [6.45, 7) is 3.59. The Kier molecular flexibility index (Phi) is 5.68. The summed E-state index contributed by atoms with van der Waals surface area (Å²) < 4.78 is 1.37. The van der Waals surface area contributed by atoms with Gasteiger partial charge >= 0.3 is 5.69 Å². The Morgan fingerprint density at radius 3 is 2.71 bits per heavy atom. The second-order valence-electron chi connectivity index (χ2n) is 5.77. The molecule has 24 heavy (non-hydrogen) atoms. The standard InChI is InChI=1S/C15H21N5O3S/c1-10-15(20(22)23)11(2)19(17-10)8-14(21)16-7-13(18(3)4)12-5-6-24-9-12/h5-6,9,13H,7-8H2,1-4H3,(H,16,21)/t13-/m1/s1. The molecule has 0 bridgehead atoms. The van der Waals surface area contributed by atoms with Crippen LogP contribution in [0.5, 0.6) is 0 Å². The molecular formula is C15H21N5O3S. The fourth-order valence-corrected chi connectivity index (χ4v) is 3.28. The summed E-state index contributed by atoms with van der Waals surface area (Å²) in [5.41, 5.74) is 1.81. The first-order valence-corrected chi connectivity index (χ1v) is 8.39. The van der Waals surface area contributed by atoms with Crippen LogP contribution in [0, 0.1) is 24.0 Å². The van der Waals surface area contributed by atoms with Crippen molar-refractivity contribution in [3.8, 4) is 0 Å². The summed E-state index contributed by atoms with van der Waals surface area (Å²) in [5.74, 6) is -0.224. The molecule has 2 aromatic heterocycles. The van der Waals surface area contributed by atoms with Gasteiger partial charge in [0.1, 0.15) is 17.9 Å². The lowest BCUT2D eigenvalue weighted by Gasteiger charge is -2.24. The number of aryl methyl sites for hydroxylation is 1. The van der Waals surface area contributed by atoms with E-state index in [-0.39, 0.29) is 24.2 Å². The van der Waals surface area contributed by atoms with Crippen LogP contribution in [0.1, 0.15) is 23.0 Å². The molecule has 0 aliphatic heterocycles. The first-order chi connectivity index (χ1) is 11.3. The molecule has 0 aromatic carbocycles. The van der Waals surface area contributed by atoms with Crippen LogP contribution in [0.3, 0.4) is 0 Å². The van der Waals surface area contributed by atoms with Gasteiger partial charge in [-0.05, 0) is 50.3 Å². The molecular weight excluding hydrogens is 330 g/mol. The van der Waals surface area contributed by atoms with Gasteiger partial charge in [0.25, 0.3) is 0 Å². The summed E-state index contributed by atoms with van der Waals surface area (Å²) in [6, 6.07) is 2.11. The number of nitrogens with one attached hydrogen (secondary N) is 1. The van der Waals surface area contributed by atoms with Gasteiger partial charge < -0.3 is 10.2 Å². The third-order valence-electron chi connectivity index (χ3n) is 3.86. The number of aromatic nitrogens is 2. The Bertz CT molecular complexity index is 724. The smallest absolute Gasteiger partial charge is 0.312 e. The number of carbonyl (C=O) groups is 1. The number of rotatable bonds is 7. The Balaban J connectivity index is 2.01. The summed E-state index contributed by atoms with van der Waals surface area (Å²) in [7, 11) is 3.91.